The van der Waals surface area contributed by atoms with Crippen LogP contribution in [0.15, 0.2) is 63.2 Å². The van der Waals surface area contributed by atoms with E-state index in [9.17, 15) is 8.42 Å². The molecule has 0 spiro atoms. The van der Waals surface area contributed by atoms with Gasteiger partial charge in [0, 0.05) is 4.90 Å². The summed E-state index contributed by atoms with van der Waals surface area (Å²) < 4.78 is 29.0. The summed E-state index contributed by atoms with van der Waals surface area (Å²) in [4.78, 5) is 1.60. The van der Waals surface area contributed by atoms with Crippen molar-refractivity contribution in [3.05, 3.63) is 48.5 Å². The van der Waals surface area contributed by atoms with E-state index < -0.39 is 9.84 Å². The number of rotatable bonds is 3. The maximum absolute atomic E-state index is 12.8. The summed E-state index contributed by atoms with van der Waals surface area (Å²) in [5, 5.41) is 3.56. The fraction of sp³-hybridized carbons (Fsp3) is 0.368. The van der Waals surface area contributed by atoms with E-state index in [2.05, 4.69) is 10.0 Å². The Hall–Kier alpha value is -1.50. The number of hydrogen-bond donors (Lipinski definition) is 2. The maximum Gasteiger partial charge on any atom is 0.206 e. The summed E-state index contributed by atoms with van der Waals surface area (Å²) >= 11 is 1.54. The maximum atomic E-state index is 12.8. The van der Waals surface area contributed by atoms with Gasteiger partial charge in [0.25, 0.3) is 0 Å². The van der Waals surface area contributed by atoms with E-state index in [1.54, 1.807) is 36.4 Å². The second-order valence-electron chi connectivity index (χ2n) is 6.71. The molecule has 4 rings (SSSR count). The molecule has 25 heavy (non-hydrogen) atoms. The van der Waals surface area contributed by atoms with Crippen molar-refractivity contribution in [1.29, 1.82) is 0 Å². The van der Waals surface area contributed by atoms with E-state index in [4.69, 9.17) is 0 Å². The molecule has 1 aliphatic heterocycles. The Morgan fingerprint density at radius 1 is 0.920 bits per heavy atom. The second-order valence-corrected chi connectivity index (χ2v) is 9.54. The van der Waals surface area contributed by atoms with Crippen LogP contribution in [0.1, 0.15) is 32.1 Å². The van der Waals surface area contributed by atoms with Crippen LogP contribution in [0.2, 0.25) is 0 Å². The minimum absolute atomic E-state index is 0.259. The molecule has 2 aromatic carbocycles. The molecule has 0 amide bonds. The van der Waals surface area contributed by atoms with E-state index in [1.165, 1.54) is 44.1 Å². The first-order valence-corrected chi connectivity index (χ1v) is 11.1. The Balaban J connectivity index is 1.58. The van der Waals surface area contributed by atoms with Gasteiger partial charge in [0.05, 0.1) is 21.6 Å². The van der Waals surface area contributed by atoms with Gasteiger partial charge in [-0.2, -0.15) is 0 Å². The van der Waals surface area contributed by atoms with Crippen molar-refractivity contribution in [3.63, 3.8) is 0 Å². The normalized spacial score (nSPS) is 21.4. The number of hydrogen-bond acceptors (Lipinski definition) is 5. The lowest BCUT2D eigenvalue weighted by Gasteiger charge is -2.35. The molecule has 2 aromatic rings. The third-order valence-electron chi connectivity index (χ3n) is 5.04. The highest BCUT2D eigenvalue weighted by Gasteiger charge is 2.28. The molecule has 2 N–H and O–H groups in total. The first-order valence-electron chi connectivity index (χ1n) is 8.78. The van der Waals surface area contributed by atoms with Gasteiger partial charge < -0.3 is 5.32 Å². The summed E-state index contributed by atoms with van der Waals surface area (Å²) in [7, 11) is -3.48. The Kier molecular flexibility index (Phi) is 4.75. The lowest BCUT2D eigenvalue weighted by molar-refractivity contribution is 0.310. The summed E-state index contributed by atoms with van der Waals surface area (Å²) in [6, 6.07) is 14.0. The van der Waals surface area contributed by atoms with E-state index >= 15 is 0 Å². The average Bonchev–Trinajstić information content (AvgIpc) is 2.68. The van der Waals surface area contributed by atoms with Gasteiger partial charge in [-0.15, -0.1) is 0 Å². The van der Waals surface area contributed by atoms with Crippen LogP contribution in [0, 0.1) is 5.92 Å². The molecule has 2 aliphatic rings. The van der Waals surface area contributed by atoms with Crippen LogP contribution < -0.4 is 10.0 Å². The zero-order valence-electron chi connectivity index (χ0n) is 13.9. The van der Waals surface area contributed by atoms with Gasteiger partial charge in [-0.25, -0.2) is 13.1 Å². The van der Waals surface area contributed by atoms with Crippen LogP contribution in [-0.2, 0) is 9.84 Å². The zero-order valence-corrected chi connectivity index (χ0v) is 15.6. The molecule has 4 nitrogen and oxygen atoms in total. The Bertz CT molecular complexity index is 847. The molecular weight excluding hydrogens is 352 g/mol. The molecule has 132 valence electrons. The highest BCUT2D eigenvalue weighted by atomic mass is 32.2. The molecule has 1 unspecified atom stereocenters. The molecular formula is C19H22N2O2S2. The van der Waals surface area contributed by atoms with Gasteiger partial charge in [-0.05, 0) is 61.0 Å². The van der Waals surface area contributed by atoms with Crippen LogP contribution in [0.3, 0.4) is 0 Å². The topological polar surface area (TPSA) is 58.2 Å². The van der Waals surface area contributed by atoms with Crippen LogP contribution >= 0.6 is 11.9 Å². The molecule has 1 atom stereocenters. The van der Waals surface area contributed by atoms with Crippen molar-refractivity contribution in [2.24, 2.45) is 5.92 Å². The largest absolute Gasteiger partial charge is 0.368 e. The molecule has 6 heteroatoms. The van der Waals surface area contributed by atoms with Crippen molar-refractivity contribution < 1.29 is 8.42 Å². The Morgan fingerprint density at radius 2 is 1.68 bits per heavy atom. The van der Waals surface area contributed by atoms with Crippen molar-refractivity contribution >= 4 is 27.5 Å². The van der Waals surface area contributed by atoms with Gasteiger partial charge >= 0.3 is 0 Å². The monoisotopic (exact) mass is 374 g/mol. The summed E-state index contributed by atoms with van der Waals surface area (Å²) in [5.74, 6) is 0.641. The van der Waals surface area contributed by atoms with E-state index in [0.717, 1.165) is 10.6 Å². The highest BCUT2D eigenvalue weighted by Crippen LogP contribution is 2.37. The van der Waals surface area contributed by atoms with Crippen LogP contribution in [0.25, 0.3) is 0 Å². The zero-order chi connectivity index (χ0) is 17.3. The number of sulfone groups is 1. The highest BCUT2D eigenvalue weighted by molar-refractivity contribution is 7.97. The van der Waals surface area contributed by atoms with E-state index in [-0.39, 0.29) is 6.17 Å². The Morgan fingerprint density at radius 3 is 2.44 bits per heavy atom. The molecule has 0 saturated heterocycles. The molecule has 0 bridgehead atoms. The van der Waals surface area contributed by atoms with Crippen LogP contribution in [0.5, 0.6) is 0 Å². The fourth-order valence-electron chi connectivity index (χ4n) is 3.61. The standard InChI is InChI=1S/C19H22N2O2S2/c22-25(23,15-9-5-2-6-10-15)16-11-12-17-18(13-16)24-21-19(20-17)14-7-3-1-4-8-14/h2,5-6,9-14,19-21H,1,3-4,7-8H2. The molecule has 0 aromatic heterocycles. The summed E-state index contributed by atoms with van der Waals surface area (Å²) in [5.41, 5.74) is 1.02. The fourth-order valence-corrected chi connectivity index (χ4v) is 5.93. The first-order chi connectivity index (χ1) is 12.1. The van der Waals surface area contributed by atoms with Gasteiger partial charge in [0.1, 0.15) is 0 Å². The smallest absolute Gasteiger partial charge is 0.206 e. The molecule has 1 heterocycles. The molecule has 1 fully saturated rings. The number of anilines is 1. The predicted molar refractivity (Wildman–Crippen MR) is 101 cm³/mol. The number of benzene rings is 2. The Labute approximate surface area is 153 Å². The van der Waals surface area contributed by atoms with Crippen LogP contribution in [0.4, 0.5) is 5.69 Å². The third kappa shape index (κ3) is 3.43. The minimum Gasteiger partial charge on any atom is -0.368 e. The van der Waals surface area contributed by atoms with Gasteiger partial charge in [0.15, 0.2) is 0 Å². The minimum atomic E-state index is -3.48. The number of fused-ring (bicyclic) bond motifs is 1. The lowest BCUT2D eigenvalue weighted by atomic mass is 9.87. The number of nitrogens with one attached hydrogen (secondary N) is 2. The first kappa shape index (κ1) is 16.9. The predicted octanol–water partition coefficient (Wildman–Crippen LogP) is 4.45. The SMILES string of the molecule is O=S(=O)(c1ccccc1)c1ccc2c(c1)SNC(C1CCCCC1)N2. The third-order valence-corrected chi connectivity index (χ3v) is 7.74. The van der Waals surface area contributed by atoms with Crippen molar-refractivity contribution in [2.75, 3.05) is 5.32 Å². The van der Waals surface area contributed by atoms with Gasteiger partial charge in [0.2, 0.25) is 9.84 Å². The molecule has 1 aliphatic carbocycles. The second kappa shape index (κ2) is 7.02. The lowest BCUT2D eigenvalue weighted by Crippen LogP contribution is -2.42. The van der Waals surface area contributed by atoms with Crippen molar-refractivity contribution in [1.82, 2.24) is 4.72 Å². The van der Waals surface area contributed by atoms with Gasteiger partial charge in [-0.3, -0.25) is 0 Å². The molecule has 0 radical (unpaired) electrons. The van der Waals surface area contributed by atoms with Gasteiger partial charge in [-0.1, -0.05) is 37.5 Å². The summed E-state index contributed by atoms with van der Waals surface area (Å²) in [6.45, 7) is 0. The van der Waals surface area contributed by atoms with E-state index in [1.807, 2.05) is 12.1 Å². The van der Waals surface area contributed by atoms with E-state index in [0.29, 0.717) is 15.7 Å². The average molecular weight is 375 g/mol. The van der Waals surface area contributed by atoms with Crippen LogP contribution in [-0.4, -0.2) is 14.6 Å². The quantitative estimate of drug-likeness (QED) is 0.778. The molecule has 1 saturated carbocycles. The van der Waals surface area contributed by atoms with Crippen molar-refractivity contribution in [3.8, 4) is 0 Å². The summed E-state index contributed by atoms with van der Waals surface area (Å²) in [6.07, 6.45) is 6.71. The van der Waals surface area contributed by atoms with Crippen molar-refractivity contribution in [2.45, 2.75) is 53.0 Å².